The molecule has 0 aliphatic rings. The molecular formula is C12H17NO3S. The molecule has 1 amide bonds. The number of carbonyl (C=O) groups is 1. The molecular weight excluding hydrogens is 238 g/mol. The van der Waals surface area contributed by atoms with Gasteiger partial charge in [0.15, 0.2) is 0 Å². The molecule has 1 rings (SSSR count). The van der Waals surface area contributed by atoms with Crippen molar-refractivity contribution in [1.29, 1.82) is 0 Å². The van der Waals surface area contributed by atoms with Crippen LogP contribution in [0.25, 0.3) is 0 Å². The third kappa shape index (κ3) is 3.30. The number of hydrogen-bond donors (Lipinski definition) is 1. The summed E-state index contributed by atoms with van der Waals surface area (Å²) in [5.41, 5.74) is 0.693. The van der Waals surface area contributed by atoms with E-state index in [2.05, 4.69) is 12.6 Å². The number of anilines is 1. The molecule has 0 saturated carbocycles. The lowest BCUT2D eigenvalue weighted by atomic mass is 10.2. The minimum Gasteiger partial charge on any atom is -0.497 e. The number of amides is 1. The maximum absolute atomic E-state index is 11.8. The van der Waals surface area contributed by atoms with Gasteiger partial charge in [-0.3, -0.25) is 4.79 Å². The summed E-state index contributed by atoms with van der Waals surface area (Å²) in [6.45, 7) is 0. The lowest BCUT2D eigenvalue weighted by Crippen LogP contribution is -2.26. The highest BCUT2D eigenvalue weighted by Crippen LogP contribution is 2.31. The van der Waals surface area contributed by atoms with Gasteiger partial charge < -0.3 is 14.4 Å². The maximum atomic E-state index is 11.8. The van der Waals surface area contributed by atoms with Crippen LogP contribution in [0.15, 0.2) is 18.2 Å². The maximum Gasteiger partial charge on any atom is 0.227 e. The third-order valence-corrected chi connectivity index (χ3v) is 2.67. The average Bonchev–Trinajstić information content (AvgIpc) is 2.37. The quantitative estimate of drug-likeness (QED) is 0.818. The molecule has 5 heteroatoms. The third-order valence-electron chi connectivity index (χ3n) is 2.45. The Labute approximate surface area is 107 Å². The summed E-state index contributed by atoms with van der Waals surface area (Å²) in [4.78, 5) is 13.3. The second-order valence-corrected chi connectivity index (χ2v) is 3.91. The molecule has 1 aromatic carbocycles. The molecule has 0 radical (unpaired) electrons. The van der Waals surface area contributed by atoms with E-state index in [1.165, 1.54) is 0 Å². The van der Waals surface area contributed by atoms with Gasteiger partial charge in [0.05, 0.1) is 19.9 Å². The van der Waals surface area contributed by atoms with Crippen molar-refractivity contribution >= 4 is 24.2 Å². The summed E-state index contributed by atoms with van der Waals surface area (Å²) in [6.07, 6.45) is 0.389. The smallest absolute Gasteiger partial charge is 0.227 e. The van der Waals surface area contributed by atoms with Gasteiger partial charge in [0.2, 0.25) is 5.91 Å². The van der Waals surface area contributed by atoms with Crippen molar-refractivity contribution < 1.29 is 14.3 Å². The van der Waals surface area contributed by atoms with Gasteiger partial charge in [-0.1, -0.05) is 0 Å². The Bertz CT molecular complexity index is 395. The van der Waals surface area contributed by atoms with Crippen LogP contribution in [0.1, 0.15) is 6.42 Å². The number of thiol groups is 1. The fraction of sp³-hybridized carbons (Fsp3) is 0.417. The van der Waals surface area contributed by atoms with E-state index in [4.69, 9.17) is 9.47 Å². The molecule has 1 aromatic rings. The number of rotatable bonds is 5. The lowest BCUT2D eigenvalue weighted by Gasteiger charge is -2.20. The van der Waals surface area contributed by atoms with Crippen molar-refractivity contribution in [2.24, 2.45) is 0 Å². The van der Waals surface area contributed by atoms with Gasteiger partial charge in [0.1, 0.15) is 11.5 Å². The van der Waals surface area contributed by atoms with Gasteiger partial charge in [-0.2, -0.15) is 12.6 Å². The zero-order valence-electron chi connectivity index (χ0n) is 10.3. The van der Waals surface area contributed by atoms with Crippen molar-refractivity contribution in [1.82, 2.24) is 0 Å². The Balaban J connectivity index is 3.04. The Morgan fingerprint density at radius 3 is 2.59 bits per heavy atom. The standard InChI is InChI=1S/C12H17NO3S/c1-13(12(14)6-7-17)10-8-9(15-2)4-5-11(10)16-3/h4-5,8,17H,6-7H2,1-3H3. The van der Waals surface area contributed by atoms with Crippen LogP contribution in [0.3, 0.4) is 0 Å². The van der Waals surface area contributed by atoms with Gasteiger partial charge >= 0.3 is 0 Å². The molecule has 94 valence electrons. The Morgan fingerprint density at radius 1 is 1.35 bits per heavy atom. The molecule has 0 bridgehead atoms. The number of carbonyl (C=O) groups excluding carboxylic acids is 1. The first-order valence-electron chi connectivity index (χ1n) is 5.23. The molecule has 0 fully saturated rings. The molecule has 0 spiro atoms. The van der Waals surface area contributed by atoms with Crippen molar-refractivity contribution in [3.8, 4) is 11.5 Å². The van der Waals surface area contributed by atoms with Gasteiger partial charge in [-0.15, -0.1) is 0 Å². The molecule has 0 aromatic heterocycles. The van der Waals surface area contributed by atoms with E-state index in [0.29, 0.717) is 29.4 Å². The van der Waals surface area contributed by atoms with Crippen LogP contribution in [0.5, 0.6) is 11.5 Å². The summed E-state index contributed by atoms with van der Waals surface area (Å²) < 4.78 is 10.4. The second kappa shape index (κ2) is 6.39. The molecule has 0 unspecified atom stereocenters. The zero-order chi connectivity index (χ0) is 12.8. The highest BCUT2D eigenvalue weighted by atomic mass is 32.1. The van der Waals surface area contributed by atoms with E-state index < -0.39 is 0 Å². The highest BCUT2D eigenvalue weighted by molar-refractivity contribution is 7.80. The molecule has 0 aliphatic carbocycles. The van der Waals surface area contributed by atoms with Gasteiger partial charge in [0.25, 0.3) is 0 Å². The van der Waals surface area contributed by atoms with Gasteiger partial charge in [0, 0.05) is 19.5 Å². The molecule has 17 heavy (non-hydrogen) atoms. The first kappa shape index (κ1) is 13.7. The second-order valence-electron chi connectivity index (χ2n) is 3.46. The highest BCUT2D eigenvalue weighted by Gasteiger charge is 2.15. The summed E-state index contributed by atoms with van der Waals surface area (Å²) in [5, 5.41) is 0. The Hall–Kier alpha value is -1.36. The van der Waals surface area contributed by atoms with Crippen molar-refractivity contribution in [2.75, 3.05) is 31.9 Å². The predicted molar refractivity (Wildman–Crippen MR) is 71.4 cm³/mol. The van der Waals surface area contributed by atoms with E-state index in [-0.39, 0.29) is 5.91 Å². The monoisotopic (exact) mass is 255 g/mol. The van der Waals surface area contributed by atoms with Crippen LogP contribution in [0, 0.1) is 0 Å². The van der Waals surface area contributed by atoms with Crippen LogP contribution in [-0.4, -0.2) is 32.9 Å². The van der Waals surface area contributed by atoms with E-state index in [1.54, 1.807) is 44.4 Å². The molecule has 0 saturated heterocycles. The van der Waals surface area contributed by atoms with Gasteiger partial charge in [-0.05, 0) is 17.9 Å². The van der Waals surface area contributed by atoms with Crippen molar-refractivity contribution in [3.63, 3.8) is 0 Å². The van der Waals surface area contributed by atoms with E-state index >= 15 is 0 Å². The van der Waals surface area contributed by atoms with Crippen LogP contribution in [0.2, 0.25) is 0 Å². The predicted octanol–water partition coefficient (Wildman–Crippen LogP) is 1.99. The van der Waals surface area contributed by atoms with Crippen molar-refractivity contribution in [2.45, 2.75) is 6.42 Å². The summed E-state index contributed by atoms with van der Waals surface area (Å²) >= 11 is 4.05. The summed E-state index contributed by atoms with van der Waals surface area (Å²) in [5.74, 6) is 1.84. The van der Waals surface area contributed by atoms with Gasteiger partial charge in [-0.25, -0.2) is 0 Å². The van der Waals surface area contributed by atoms with Crippen LogP contribution in [0.4, 0.5) is 5.69 Å². The largest absolute Gasteiger partial charge is 0.497 e. The minimum atomic E-state index is -0.00782. The molecule has 0 atom stereocenters. The first-order chi connectivity index (χ1) is 8.13. The number of hydrogen-bond acceptors (Lipinski definition) is 4. The first-order valence-corrected chi connectivity index (χ1v) is 5.86. The molecule has 4 nitrogen and oxygen atoms in total. The minimum absolute atomic E-state index is 0.00782. The van der Waals surface area contributed by atoms with Crippen LogP contribution < -0.4 is 14.4 Å². The number of ether oxygens (including phenoxy) is 2. The molecule has 0 heterocycles. The SMILES string of the molecule is COc1ccc(OC)c(N(C)C(=O)CCS)c1. The van der Waals surface area contributed by atoms with Crippen LogP contribution in [-0.2, 0) is 4.79 Å². The van der Waals surface area contributed by atoms with E-state index in [0.717, 1.165) is 0 Å². The lowest BCUT2D eigenvalue weighted by molar-refractivity contribution is -0.117. The van der Waals surface area contributed by atoms with Crippen LogP contribution >= 0.6 is 12.6 Å². The summed E-state index contributed by atoms with van der Waals surface area (Å²) in [7, 11) is 4.87. The Kier molecular flexibility index (Phi) is 5.15. The van der Waals surface area contributed by atoms with E-state index in [9.17, 15) is 4.79 Å². The number of nitrogens with zero attached hydrogens (tertiary/aromatic N) is 1. The zero-order valence-corrected chi connectivity index (χ0v) is 11.2. The Morgan fingerprint density at radius 2 is 2.06 bits per heavy atom. The fourth-order valence-electron chi connectivity index (χ4n) is 1.46. The summed E-state index contributed by atoms with van der Waals surface area (Å²) in [6, 6.07) is 5.34. The number of methoxy groups -OCH3 is 2. The molecule has 0 N–H and O–H groups in total. The normalized spacial score (nSPS) is 9.88. The topological polar surface area (TPSA) is 38.8 Å². The number of benzene rings is 1. The average molecular weight is 255 g/mol. The van der Waals surface area contributed by atoms with Crippen molar-refractivity contribution in [3.05, 3.63) is 18.2 Å². The fourth-order valence-corrected chi connectivity index (χ4v) is 1.65. The molecule has 0 aliphatic heterocycles. The van der Waals surface area contributed by atoms with E-state index in [1.807, 2.05) is 0 Å².